The average molecular weight is 449 g/mol. The fourth-order valence-electron chi connectivity index (χ4n) is 2.95. The van der Waals surface area contributed by atoms with Crippen LogP contribution in [0, 0.1) is 0 Å². The van der Waals surface area contributed by atoms with E-state index in [1.54, 1.807) is 24.3 Å². The zero-order valence-corrected chi connectivity index (χ0v) is 19.4. The van der Waals surface area contributed by atoms with Gasteiger partial charge in [0.05, 0.1) is 18.6 Å². The number of sulfonamides is 1. The third-order valence-corrected chi connectivity index (χ3v) is 6.02. The molecule has 8 heteroatoms. The Morgan fingerprint density at radius 2 is 1.65 bits per heavy atom. The maximum atomic E-state index is 12.5. The summed E-state index contributed by atoms with van der Waals surface area (Å²) in [5, 5.41) is 2.93. The second-order valence-electron chi connectivity index (χ2n) is 7.21. The van der Waals surface area contributed by atoms with Gasteiger partial charge in [-0.15, -0.1) is 0 Å². The van der Waals surface area contributed by atoms with Crippen LogP contribution in [0.3, 0.4) is 0 Å². The molecule has 1 atom stereocenters. The fourth-order valence-corrected chi connectivity index (χ4v) is 3.45. The topological polar surface area (TPSA) is 84.9 Å². The van der Waals surface area contributed by atoms with E-state index in [0.717, 1.165) is 24.8 Å². The van der Waals surface area contributed by atoms with Gasteiger partial charge in [0, 0.05) is 13.6 Å². The van der Waals surface area contributed by atoms with Gasteiger partial charge in [0.25, 0.3) is 5.91 Å². The van der Waals surface area contributed by atoms with E-state index in [-0.39, 0.29) is 5.91 Å². The molecule has 0 aliphatic carbocycles. The smallest absolute Gasteiger partial charge is 0.261 e. The van der Waals surface area contributed by atoms with Gasteiger partial charge in [-0.25, -0.2) is 8.42 Å². The molecule has 0 aromatic heterocycles. The van der Waals surface area contributed by atoms with Crippen molar-refractivity contribution in [3.63, 3.8) is 0 Å². The number of nitrogens with one attached hydrogen (secondary N) is 1. The molecule has 0 saturated carbocycles. The molecule has 0 aliphatic heterocycles. The van der Waals surface area contributed by atoms with Crippen molar-refractivity contribution in [3.8, 4) is 11.5 Å². The van der Waals surface area contributed by atoms with Crippen LogP contribution in [-0.2, 0) is 21.2 Å². The maximum absolute atomic E-state index is 12.5. The van der Waals surface area contributed by atoms with E-state index in [4.69, 9.17) is 9.47 Å². The third-order valence-electron chi connectivity index (χ3n) is 4.82. The second kappa shape index (κ2) is 11.6. The highest BCUT2D eigenvalue weighted by Gasteiger charge is 2.18. The van der Waals surface area contributed by atoms with Crippen LogP contribution in [0.25, 0.3) is 0 Å². The minimum atomic E-state index is -3.33. The summed E-state index contributed by atoms with van der Waals surface area (Å²) in [5.74, 6) is 1.21. The Morgan fingerprint density at radius 1 is 1.03 bits per heavy atom. The van der Waals surface area contributed by atoms with Gasteiger partial charge < -0.3 is 14.8 Å². The molecule has 2 rings (SSSR count). The normalized spacial score (nSPS) is 12.1. The number of benzene rings is 2. The molecule has 170 valence electrons. The van der Waals surface area contributed by atoms with Crippen LogP contribution in [0.2, 0.25) is 0 Å². The number of aryl methyl sites for hydroxylation is 1. The Labute approximate surface area is 185 Å². The lowest BCUT2D eigenvalue weighted by atomic mass is 10.1. The van der Waals surface area contributed by atoms with Crippen LogP contribution in [0.1, 0.15) is 32.3 Å². The molecule has 2 aromatic rings. The lowest BCUT2D eigenvalue weighted by Crippen LogP contribution is -2.38. The third kappa shape index (κ3) is 7.79. The average Bonchev–Trinajstić information content (AvgIpc) is 2.75. The maximum Gasteiger partial charge on any atom is 0.261 e. The predicted octanol–water partition coefficient (Wildman–Crippen LogP) is 3.39. The number of ether oxygens (including phenoxy) is 2. The Kier molecular flexibility index (Phi) is 9.18. The van der Waals surface area contributed by atoms with Crippen LogP contribution in [-0.4, -0.2) is 46.9 Å². The van der Waals surface area contributed by atoms with Crippen molar-refractivity contribution in [2.45, 2.75) is 39.2 Å². The summed E-state index contributed by atoms with van der Waals surface area (Å²) in [6.07, 6.45) is 2.74. The van der Waals surface area contributed by atoms with Crippen molar-refractivity contribution < 1.29 is 22.7 Å². The highest BCUT2D eigenvalue weighted by molar-refractivity contribution is 7.92. The van der Waals surface area contributed by atoms with Crippen LogP contribution in [0.15, 0.2) is 48.5 Å². The van der Waals surface area contributed by atoms with Gasteiger partial charge in [-0.05, 0) is 68.1 Å². The number of hydrogen-bond donors (Lipinski definition) is 1. The molecule has 0 heterocycles. The molecule has 0 radical (unpaired) electrons. The van der Waals surface area contributed by atoms with E-state index in [0.29, 0.717) is 31.0 Å². The first-order valence-corrected chi connectivity index (χ1v) is 12.3. The number of rotatable bonds is 12. The SMILES string of the molecule is CCOc1ccc(CCCNC(=O)[C@H](CC)Oc2ccc(N(C)S(C)(=O)=O)cc2)cc1. The molecule has 31 heavy (non-hydrogen) atoms. The number of nitrogens with zero attached hydrogens (tertiary/aromatic N) is 1. The van der Waals surface area contributed by atoms with E-state index in [9.17, 15) is 13.2 Å². The molecule has 0 bridgehead atoms. The van der Waals surface area contributed by atoms with Crippen molar-refractivity contribution in [2.24, 2.45) is 0 Å². The van der Waals surface area contributed by atoms with E-state index >= 15 is 0 Å². The van der Waals surface area contributed by atoms with E-state index in [1.165, 1.54) is 16.9 Å². The highest BCUT2D eigenvalue weighted by atomic mass is 32.2. The van der Waals surface area contributed by atoms with Crippen molar-refractivity contribution >= 4 is 21.6 Å². The van der Waals surface area contributed by atoms with E-state index in [1.807, 2.05) is 38.1 Å². The monoisotopic (exact) mass is 448 g/mol. The number of anilines is 1. The summed E-state index contributed by atoms with van der Waals surface area (Å²) in [7, 11) is -1.84. The van der Waals surface area contributed by atoms with Gasteiger partial charge >= 0.3 is 0 Å². The quantitative estimate of drug-likeness (QED) is 0.503. The van der Waals surface area contributed by atoms with Crippen LogP contribution in [0.5, 0.6) is 11.5 Å². The lowest BCUT2D eigenvalue weighted by molar-refractivity contribution is -0.128. The van der Waals surface area contributed by atoms with Gasteiger partial charge in [0.2, 0.25) is 10.0 Å². The number of carbonyl (C=O) groups excluding carboxylic acids is 1. The molecule has 7 nitrogen and oxygen atoms in total. The minimum absolute atomic E-state index is 0.161. The summed E-state index contributed by atoms with van der Waals surface area (Å²) in [6.45, 7) is 5.05. The zero-order chi connectivity index (χ0) is 22.9. The predicted molar refractivity (Wildman–Crippen MR) is 123 cm³/mol. The molecule has 1 amide bonds. The second-order valence-corrected chi connectivity index (χ2v) is 9.22. The summed E-state index contributed by atoms with van der Waals surface area (Å²) < 4.78 is 35.7. The molecule has 0 saturated heterocycles. The number of amides is 1. The Balaban J connectivity index is 1.81. The molecule has 0 spiro atoms. The Morgan fingerprint density at radius 3 is 2.19 bits per heavy atom. The van der Waals surface area contributed by atoms with Gasteiger partial charge in [-0.1, -0.05) is 19.1 Å². The summed E-state index contributed by atoms with van der Waals surface area (Å²) >= 11 is 0. The van der Waals surface area contributed by atoms with Crippen LogP contribution < -0.4 is 19.1 Å². The largest absolute Gasteiger partial charge is 0.494 e. The lowest BCUT2D eigenvalue weighted by Gasteiger charge is -2.19. The van der Waals surface area contributed by atoms with E-state index < -0.39 is 16.1 Å². The summed E-state index contributed by atoms with van der Waals surface area (Å²) in [6, 6.07) is 14.6. The fraction of sp³-hybridized carbons (Fsp3) is 0.435. The molecule has 0 aliphatic rings. The molecule has 1 N–H and O–H groups in total. The molecular weight excluding hydrogens is 416 g/mol. The summed E-state index contributed by atoms with van der Waals surface area (Å²) in [4.78, 5) is 12.5. The van der Waals surface area contributed by atoms with Gasteiger partial charge in [0.15, 0.2) is 6.10 Å². The summed E-state index contributed by atoms with van der Waals surface area (Å²) in [5.41, 5.74) is 1.72. The first-order valence-electron chi connectivity index (χ1n) is 10.4. The first-order chi connectivity index (χ1) is 14.7. The molecule has 0 unspecified atom stereocenters. The minimum Gasteiger partial charge on any atom is -0.494 e. The Bertz CT molecular complexity index is 927. The van der Waals surface area contributed by atoms with E-state index in [2.05, 4.69) is 5.32 Å². The van der Waals surface area contributed by atoms with Crippen molar-refractivity contribution in [1.82, 2.24) is 5.32 Å². The molecular formula is C23H32N2O5S. The molecule has 0 fully saturated rings. The first kappa shape index (κ1) is 24.5. The van der Waals surface area contributed by atoms with Crippen LogP contribution >= 0.6 is 0 Å². The van der Waals surface area contributed by atoms with Gasteiger partial charge in [-0.2, -0.15) is 0 Å². The van der Waals surface area contributed by atoms with Crippen LogP contribution in [0.4, 0.5) is 5.69 Å². The van der Waals surface area contributed by atoms with Crippen molar-refractivity contribution in [2.75, 3.05) is 30.8 Å². The number of carbonyl (C=O) groups is 1. The highest BCUT2D eigenvalue weighted by Crippen LogP contribution is 2.21. The van der Waals surface area contributed by atoms with Gasteiger partial charge in [-0.3, -0.25) is 9.10 Å². The molecule has 2 aromatic carbocycles. The van der Waals surface area contributed by atoms with Crippen molar-refractivity contribution in [1.29, 1.82) is 0 Å². The Hall–Kier alpha value is -2.74. The van der Waals surface area contributed by atoms with Gasteiger partial charge in [0.1, 0.15) is 11.5 Å². The van der Waals surface area contributed by atoms with Crippen molar-refractivity contribution in [3.05, 3.63) is 54.1 Å². The number of hydrogen-bond acceptors (Lipinski definition) is 5. The standard InChI is InChI=1S/C23H32N2O5S/c1-5-22(30-21-15-11-19(12-16-21)25(3)31(4,27)28)23(26)24-17-7-8-18-9-13-20(14-10-18)29-6-2/h9-16,22H,5-8,17H2,1-4H3,(H,24,26)/t22-/m0/s1. The zero-order valence-electron chi connectivity index (χ0n) is 18.6.